The second kappa shape index (κ2) is 9.51. The zero-order chi connectivity index (χ0) is 24.8. The molecule has 1 saturated carbocycles. The number of carbonyl (C=O) groups excluding carboxylic acids is 2. The molecule has 11 heteroatoms. The first-order valence-electron chi connectivity index (χ1n) is 9.68. The normalized spacial score (nSPS) is 18.3. The molecule has 1 aliphatic carbocycles. The molecule has 0 spiro atoms. The summed E-state index contributed by atoms with van der Waals surface area (Å²) in [5.41, 5.74) is 0.574. The van der Waals surface area contributed by atoms with Crippen LogP contribution in [0.4, 0.5) is 20.2 Å². The molecule has 2 N–H and O–H groups in total. The predicted octanol–water partition coefficient (Wildman–Crippen LogP) is 7.70. The zero-order valence-electron chi connectivity index (χ0n) is 16.8. The highest BCUT2D eigenvalue weighted by Crippen LogP contribution is 2.65. The molecule has 2 unspecified atom stereocenters. The average Bonchev–Trinajstić information content (AvgIpc) is 3.33. The van der Waals surface area contributed by atoms with E-state index in [1.54, 1.807) is 18.2 Å². The van der Waals surface area contributed by atoms with Crippen LogP contribution in [0.3, 0.4) is 0 Å². The van der Waals surface area contributed by atoms with Crippen LogP contribution in [-0.2, 0) is 4.79 Å². The predicted molar refractivity (Wildman–Crippen MR) is 132 cm³/mol. The van der Waals surface area contributed by atoms with Gasteiger partial charge in [0.2, 0.25) is 5.91 Å². The summed E-state index contributed by atoms with van der Waals surface area (Å²) in [4.78, 5) is 25.5. The molecule has 2 atom stereocenters. The molecular formula is C23H13Cl5F2N2O2. The summed E-state index contributed by atoms with van der Waals surface area (Å²) in [7, 11) is 0. The van der Waals surface area contributed by atoms with Gasteiger partial charge in [-0.15, -0.1) is 23.2 Å². The first kappa shape index (κ1) is 25.0. The van der Waals surface area contributed by atoms with E-state index in [0.29, 0.717) is 21.7 Å². The number of anilines is 2. The fourth-order valence-corrected chi connectivity index (χ4v) is 5.17. The van der Waals surface area contributed by atoms with Crippen molar-refractivity contribution < 1.29 is 18.4 Å². The smallest absolute Gasteiger partial charge is 0.257 e. The van der Waals surface area contributed by atoms with Crippen LogP contribution in [0.2, 0.25) is 15.1 Å². The lowest BCUT2D eigenvalue weighted by Gasteiger charge is -2.11. The topological polar surface area (TPSA) is 58.2 Å². The highest BCUT2D eigenvalue weighted by molar-refractivity contribution is 6.53. The van der Waals surface area contributed by atoms with E-state index < -0.39 is 39.6 Å². The molecule has 2 amide bonds. The van der Waals surface area contributed by atoms with Gasteiger partial charge >= 0.3 is 0 Å². The van der Waals surface area contributed by atoms with Crippen molar-refractivity contribution in [1.82, 2.24) is 0 Å². The molecule has 0 aliphatic heterocycles. The Hall–Kier alpha value is -2.09. The number of carbonyl (C=O) groups is 2. The lowest BCUT2D eigenvalue weighted by molar-refractivity contribution is -0.117. The summed E-state index contributed by atoms with van der Waals surface area (Å²) < 4.78 is 25.6. The van der Waals surface area contributed by atoms with Crippen molar-refractivity contribution in [3.8, 4) is 0 Å². The van der Waals surface area contributed by atoms with Gasteiger partial charge in [-0.25, -0.2) is 8.78 Å². The Kier molecular flexibility index (Phi) is 7.00. The van der Waals surface area contributed by atoms with Crippen molar-refractivity contribution in [3.05, 3.63) is 92.4 Å². The third-order valence-electron chi connectivity index (χ3n) is 5.24. The van der Waals surface area contributed by atoms with Crippen molar-refractivity contribution in [2.24, 2.45) is 5.92 Å². The Morgan fingerprint density at radius 2 is 1.53 bits per heavy atom. The van der Waals surface area contributed by atoms with E-state index >= 15 is 0 Å². The molecule has 1 fully saturated rings. The van der Waals surface area contributed by atoms with Gasteiger partial charge in [0.15, 0.2) is 0 Å². The highest BCUT2D eigenvalue weighted by atomic mass is 35.5. The van der Waals surface area contributed by atoms with Gasteiger partial charge in [-0.2, -0.15) is 0 Å². The molecule has 4 nitrogen and oxygen atoms in total. The number of halogens is 7. The summed E-state index contributed by atoms with van der Waals surface area (Å²) in [5, 5.41) is 5.79. The Bertz CT molecular complexity index is 1300. The number of hydrogen-bond acceptors (Lipinski definition) is 2. The highest BCUT2D eigenvalue weighted by Gasteiger charge is 2.67. The van der Waals surface area contributed by atoms with E-state index in [-0.39, 0.29) is 22.0 Å². The fourth-order valence-electron chi connectivity index (χ4n) is 3.60. The van der Waals surface area contributed by atoms with Crippen LogP contribution in [0.15, 0.2) is 54.6 Å². The van der Waals surface area contributed by atoms with Crippen LogP contribution in [0.25, 0.3) is 0 Å². The molecule has 0 saturated heterocycles. The number of benzene rings is 3. The van der Waals surface area contributed by atoms with Gasteiger partial charge in [-0.3, -0.25) is 9.59 Å². The van der Waals surface area contributed by atoms with Crippen molar-refractivity contribution in [2.75, 3.05) is 10.6 Å². The van der Waals surface area contributed by atoms with Crippen LogP contribution in [0, 0.1) is 17.6 Å². The van der Waals surface area contributed by atoms with Gasteiger partial charge in [0.1, 0.15) is 16.0 Å². The molecule has 3 aromatic rings. The van der Waals surface area contributed by atoms with Gasteiger partial charge < -0.3 is 10.6 Å². The molecular weight excluding hydrogens is 552 g/mol. The molecule has 1 aliphatic rings. The average molecular weight is 565 g/mol. The van der Waals surface area contributed by atoms with Gasteiger partial charge in [-0.1, -0.05) is 34.8 Å². The van der Waals surface area contributed by atoms with E-state index in [9.17, 15) is 18.4 Å². The Morgan fingerprint density at radius 1 is 0.853 bits per heavy atom. The molecule has 3 aromatic carbocycles. The molecule has 34 heavy (non-hydrogen) atoms. The number of amides is 2. The van der Waals surface area contributed by atoms with Crippen LogP contribution in [0.1, 0.15) is 21.8 Å². The van der Waals surface area contributed by atoms with Crippen molar-refractivity contribution in [2.45, 2.75) is 10.3 Å². The molecule has 4 rings (SSSR count). The SMILES string of the molecule is O=C(Nc1ccc(F)cc1F)c1cc(NC(=O)C2C(c3cc(Cl)cc(Cl)c3)C2(Cl)Cl)ccc1Cl. The second-order valence-electron chi connectivity index (χ2n) is 7.59. The summed E-state index contributed by atoms with van der Waals surface area (Å²) in [6, 6.07) is 11.7. The monoisotopic (exact) mass is 562 g/mol. The maximum Gasteiger partial charge on any atom is 0.257 e. The fraction of sp³-hybridized carbons (Fsp3) is 0.130. The van der Waals surface area contributed by atoms with Crippen LogP contribution in [-0.4, -0.2) is 16.1 Å². The minimum Gasteiger partial charge on any atom is -0.326 e. The summed E-state index contributed by atoms with van der Waals surface area (Å²) in [6.45, 7) is 0. The lowest BCUT2D eigenvalue weighted by Crippen LogP contribution is -2.18. The Morgan fingerprint density at radius 3 is 2.18 bits per heavy atom. The van der Waals surface area contributed by atoms with Crippen LogP contribution in [0.5, 0.6) is 0 Å². The third-order valence-corrected chi connectivity index (χ3v) is 6.94. The summed E-state index contributed by atoms with van der Waals surface area (Å²) in [5.74, 6) is -4.35. The third kappa shape index (κ3) is 5.11. The lowest BCUT2D eigenvalue weighted by atomic mass is 10.1. The van der Waals surface area contributed by atoms with E-state index in [1.807, 2.05) is 0 Å². The molecule has 0 heterocycles. The van der Waals surface area contributed by atoms with Crippen molar-refractivity contribution in [3.63, 3.8) is 0 Å². The van der Waals surface area contributed by atoms with Crippen molar-refractivity contribution >= 4 is 81.2 Å². The van der Waals surface area contributed by atoms with E-state index in [4.69, 9.17) is 58.0 Å². The zero-order valence-corrected chi connectivity index (χ0v) is 20.6. The maximum atomic E-state index is 13.9. The van der Waals surface area contributed by atoms with Gasteiger partial charge in [0.25, 0.3) is 5.91 Å². The first-order valence-corrected chi connectivity index (χ1v) is 11.6. The quantitative estimate of drug-likeness (QED) is 0.312. The largest absolute Gasteiger partial charge is 0.326 e. The Balaban J connectivity index is 1.52. The first-order chi connectivity index (χ1) is 16.0. The number of nitrogens with one attached hydrogen (secondary N) is 2. The van der Waals surface area contributed by atoms with E-state index in [0.717, 1.165) is 12.1 Å². The van der Waals surface area contributed by atoms with Gasteiger partial charge in [0.05, 0.1) is 22.2 Å². The van der Waals surface area contributed by atoms with Crippen molar-refractivity contribution in [1.29, 1.82) is 0 Å². The summed E-state index contributed by atoms with van der Waals surface area (Å²) in [6.07, 6.45) is 0. The standard InChI is InChI=1S/C23H13Cl5F2N2O2/c24-11-5-10(6-12(25)7-11)19-20(23(19,27)28)22(34)31-14-2-3-16(26)15(9-14)21(33)32-18-4-1-13(29)8-17(18)30/h1-9,19-20H,(H,31,34)(H,32,33). The number of rotatable bonds is 5. The summed E-state index contributed by atoms with van der Waals surface area (Å²) >= 11 is 30.9. The minimum atomic E-state index is -1.38. The van der Waals surface area contributed by atoms with Gasteiger partial charge in [0, 0.05) is 27.7 Å². The van der Waals surface area contributed by atoms with Crippen LogP contribution >= 0.6 is 58.0 Å². The van der Waals surface area contributed by atoms with E-state index in [2.05, 4.69) is 10.6 Å². The van der Waals surface area contributed by atoms with Crippen LogP contribution < -0.4 is 10.6 Å². The molecule has 0 aromatic heterocycles. The second-order valence-corrected chi connectivity index (χ2v) is 10.3. The van der Waals surface area contributed by atoms with E-state index in [1.165, 1.54) is 18.2 Å². The number of alkyl halides is 2. The minimum absolute atomic E-state index is 0.0415. The van der Waals surface area contributed by atoms with Gasteiger partial charge in [-0.05, 0) is 54.1 Å². The number of hydrogen-bond donors (Lipinski definition) is 2. The maximum absolute atomic E-state index is 13.9. The Labute approximate surface area is 218 Å². The molecule has 0 radical (unpaired) electrons. The molecule has 176 valence electrons. The molecule has 0 bridgehead atoms.